The summed E-state index contributed by atoms with van der Waals surface area (Å²) in [5.41, 5.74) is 1.73. The lowest BCUT2D eigenvalue weighted by molar-refractivity contribution is -0.154. The molecule has 7 heteroatoms. The molecule has 0 aliphatic carbocycles. The number of rotatable bonds is 7. The van der Waals surface area contributed by atoms with Crippen molar-refractivity contribution >= 4 is 11.9 Å². The van der Waals surface area contributed by atoms with Crippen LogP contribution in [0.4, 0.5) is 0 Å². The number of hydrogen-bond acceptors (Lipinski definition) is 6. The number of amides is 1. The zero-order valence-corrected chi connectivity index (χ0v) is 16.8. The highest BCUT2D eigenvalue weighted by molar-refractivity contribution is 5.82. The fourth-order valence-electron chi connectivity index (χ4n) is 3.27. The van der Waals surface area contributed by atoms with E-state index in [9.17, 15) is 9.59 Å². The van der Waals surface area contributed by atoms with E-state index < -0.39 is 17.8 Å². The fourth-order valence-corrected chi connectivity index (χ4v) is 3.27. The zero-order valence-electron chi connectivity index (χ0n) is 16.8. The maximum Gasteiger partial charge on any atom is 0.313 e. The number of ether oxygens (including phenoxy) is 4. The van der Waals surface area contributed by atoms with Crippen LogP contribution in [0.5, 0.6) is 17.2 Å². The molecule has 0 spiro atoms. The van der Waals surface area contributed by atoms with Gasteiger partial charge in [0.15, 0.2) is 6.61 Å². The quantitative estimate of drug-likeness (QED) is 0.721. The molecule has 7 nitrogen and oxygen atoms in total. The molecular formula is C22H25NO6. The van der Waals surface area contributed by atoms with Gasteiger partial charge in [-0.05, 0) is 43.2 Å². The molecule has 0 saturated heterocycles. The third-order valence-corrected chi connectivity index (χ3v) is 4.84. The molecule has 1 heterocycles. The first-order valence-corrected chi connectivity index (χ1v) is 9.40. The van der Waals surface area contributed by atoms with E-state index in [-0.39, 0.29) is 19.3 Å². The van der Waals surface area contributed by atoms with Gasteiger partial charge >= 0.3 is 5.97 Å². The van der Waals surface area contributed by atoms with Crippen molar-refractivity contribution in [1.82, 2.24) is 5.32 Å². The summed E-state index contributed by atoms with van der Waals surface area (Å²) in [5.74, 6) is 0.817. The van der Waals surface area contributed by atoms with Crippen molar-refractivity contribution in [2.75, 3.05) is 27.4 Å². The minimum Gasteiger partial charge on any atom is -0.497 e. The first-order chi connectivity index (χ1) is 14.0. The normalized spacial score (nSPS) is 16.0. The molecule has 0 saturated carbocycles. The van der Waals surface area contributed by atoms with Crippen molar-refractivity contribution in [2.24, 2.45) is 5.92 Å². The average Bonchev–Trinajstić information content (AvgIpc) is 2.76. The van der Waals surface area contributed by atoms with Gasteiger partial charge in [0.2, 0.25) is 0 Å². The van der Waals surface area contributed by atoms with Crippen LogP contribution in [0.15, 0.2) is 42.5 Å². The molecule has 29 heavy (non-hydrogen) atoms. The summed E-state index contributed by atoms with van der Waals surface area (Å²) in [7, 11) is 3.13. The van der Waals surface area contributed by atoms with E-state index in [0.717, 1.165) is 16.9 Å². The van der Waals surface area contributed by atoms with Crippen LogP contribution in [0.3, 0.4) is 0 Å². The summed E-state index contributed by atoms with van der Waals surface area (Å²) in [6.45, 7) is 1.71. The van der Waals surface area contributed by atoms with Gasteiger partial charge in [0, 0.05) is 5.56 Å². The topological polar surface area (TPSA) is 83.1 Å². The summed E-state index contributed by atoms with van der Waals surface area (Å²) in [4.78, 5) is 24.6. The Morgan fingerprint density at radius 1 is 1.17 bits per heavy atom. The molecule has 2 aromatic rings. The molecule has 154 valence electrons. The lowest BCUT2D eigenvalue weighted by Gasteiger charge is -2.24. The van der Waals surface area contributed by atoms with E-state index in [1.807, 2.05) is 31.2 Å². The number of methoxy groups -OCH3 is 2. The molecule has 0 radical (unpaired) electrons. The summed E-state index contributed by atoms with van der Waals surface area (Å²) in [6, 6.07) is 12.6. The molecule has 2 atom stereocenters. The summed E-state index contributed by atoms with van der Waals surface area (Å²) in [6.07, 6.45) is 0.536. The van der Waals surface area contributed by atoms with E-state index in [4.69, 9.17) is 18.9 Å². The molecule has 0 aromatic heterocycles. The number of para-hydroxylation sites is 1. The molecule has 1 aliphatic rings. The van der Waals surface area contributed by atoms with Gasteiger partial charge in [-0.25, -0.2) is 0 Å². The number of carbonyl (C=O) groups is 2. The van der Waals surface area contributed by atoms with Crippen molar-refractivity contribution in [2.45, 2.75) is 19.4 Å². The number of fused-ring (bicyclic) bond motifs is 1. The molecule has 1 aliphatic heterocycles. The predicted octanol–water partition coefficient (Wildman–Crippen LogP) is 2.68. The highest BCUT2D eigenvalue weighted by atomic mass is 16.5. The highest BCUT2D eigenvalue weighted by Crippen LogP contribution is 2.29. The second kappa shape index (κ2) is 9.32. The van der Waals surface area contributed by atoms with Gasteiger partial charge in [-0.15, -0.1) is 0 Å². The molecule has 1 amide bonds. The molecule has 0 fully saturated rings. The van der Waals surface area contributed by atoms with E-state index in [0.29, 0.717) is 17.9 Å². The molecule has 0 bridgehead atoms. The van der Waals surface area contributed by atoms with Gasteiger partial charge in [-0.1, -0.05) is 18.2 Å². The van der Waals surface area contributed by atoms with Gasteiger partial charge in [-0.2, -0.15) is 0 Å². The standard InChI is InChI=1S/C22H25NO6/c1-14(18-11-17(26-2)8-9-20(18)27-3)23-21(24)13-29-22(25)16-10-15-6-4-5-7-19(15)28-12-16/h4-9,11,14,16H,10,12-13H2,1-3H3,(H,23,24). The van der Waals surface area contributed by atoms with Gasteiger partial charge in [0.1, 0.15) is 23.9 Å². The van der Waals surface area contributed by atoms with Crippen LogP contribution >= 0.6 is 0 Å². The van der Waals surface area contributed by atoms with Crippen LogP contribution in [0.1, 0.15) is 24.1 Å². The Kier molecular flexibility index (Phi) is 6.59. The number of benzene rings is 2. The first-order valence-electron chi connectivity index (χ1n) is 9.40. The van der Waals surface area contributed by atoms with E-state index in [2.05, 4.69) is 5.32 Å². The lowest BCUT2D eigenvalue weighted by Crippen LogP contribution is -2.35. The van der Waals surface area contributed by atoms with Crippen LogP contribution in [-0.2, 0) is 20.7 Å². The third kappa shape index (κ3) is 4.99. The number of esters is 1. The average molecular weight is 399 g/mol. The monoisotopic (exact) mass is 399 g/mol. The van der Waals surface area contributed by atoms with Crippen LogP contribution in [0, 0.1) is 5.92 Å². The number of nitrogens with one attached hydrogen (secondary N) is 1. The molecular weight excluding hydrogens is 374 g/mol. The largest absolute Gasteiger partial charge is 0.497 e. The zero-order chi connectivity index (χ0) is 20.8. The van der Waals surface area contributed by atoms with Crippen molar-refractivity contribution in [1.29, 1.82) is 0 Å². The summed E-state index contributed by atoms with van der Waals surface area (Å²) < 4.78 is 21.4. The predicted molar refractivity (Wildman–Crippen MR) is 106 cm³/mol. The SMILES string of the molecule is COc1ccc(OC)c(C(C)NC(=O)COC(=O)C2COc3ccccc3C2)c1. The second-order valence-electron chi connectivity index (χ2n) is 6.82. The van der Waals surface area contributed by atoms with Crippen LogP contribution in [0.2, 0.25) is 0 Å². The minimum atomic E-state index is -0.443. The van der Waals surface area contributed by atoms with Crippen molar-refractivity contribution < 1.29 is 28.5 Å². The van der Waals surface area contributed by atoms with Crippen molar-refractivity contribution in [3.63, 3.8) is 0 Å². The summed E-state index contributed by atoms with van der Waals surface area (Å²) in [5, 5.41) is 2.81. The van der Waals surface area contributed by atoms with Crippen LogP contribution < -0.4 is 19.5 Å². The Morgan fingerprint density at radius 3 is 2.72 bits per heavy atom. The highest BCUT2D eigenvalue weighted by Gasteiger charge is 2.27. The van der Waals surface area contributed by atoms with E-state index in [1.54, 1.807) is 32.4 Å². The molecule has 1 N–H and O–H groups in total. The van der Waals surface area contributed by atoms with Gasteiger partial charge in [-0.3, -0.25) is 9.59 Å². The van der Waals surface area contributed by atoms with E-state index in [1.165, 1.54) is 0 Å². The Hall–Kier alpha value is -3.22. The minimum absolute atomic E-state index is 0.245. The smallest absolute Gasteiger partial charge is 0.313 e. The lowest BCUT2D eigenvalue weighted by atomic mass is 9.97. The Morgan fingerprint density at radius 2 is 1.97 bits per heavy atom. The fraction of sp³-hybridized carbons (Fsp3) is 0.364. The Balaban J connectivity index is 1.53. The Bertz CT molecular complexity index is 881. The Labute approximate surface area is 169 Å². The van der Waals surface area contributed by atoms with Gasteiger partial charge < -0.3 is 24.3 Å². The molecule has 2 unspecified atom stereocenters. The summed E-state index contributed by atoms with van der Waals surface area (Å²) >= 11 is 0. The first kappa shape index (κ1) is 20.5. The van der Waals surface area contributed by atoms with Crippen LogP contribution in [-0.4, -0.2) is 39.3 Å². The third-order valence-electron chi connectivity index (χ3n) is 4.84. The molecule has 2 aromatic carbocycles. The van der Waals surface area contributed by atoms with Gasteiger partial charge in [0.05, 0.1) is 26.2 Å². The maximum atomic E-state index is 12.3. The molecule has 3 rings (SSSR count). The van der Waals surface area contributed by atoms with Crippen molar-refractivity contribution in [3.05, 3.63) is 53.6 Å². The maximum absolute atomic E-state index is 12.3. The van der Waals surface area contributed by atoms with Crippen molar-refractivity contribution in [3.8, 4) is 17.2 Å². The number of hydrogen-bond donors (Lipinski definition) is 1. The van der Waals surface area contributed by atoms with Crippen LogP contribution in [0.25, 0.3) is 0 Å². The van der Waals surface area contributed by atoms with Gasteiger partial charge in [0.25, 0.3) is 5.91 Å². The number of carbonyl (C=O) groups excluding carboxylic acids is 2. The second-order valence-corrected chi connectivity index (χ2v) is 6.82. The van der Waals surface area contributed by atoms with E-state index >= 15 is 0 Å².